The van der Waals surface area contributed by atoms with Crippen LogP contribution in [-0.4, -0.2) is 12.2 Å². The van der Waals surface area contributed by atoms with E-state index in [0.717, 1.165) is 5.56 Å². The number of hydrogen-bond donors (Lipinski definition) is 0. The summed E-state index contributed by atoms with van der Waals surface area (Å²) in [6.45, 7) is 3.40. The summed E-state index contributed by atoms with van der Waals surface area (Å²) >= 11 is 0. The average molecular weight is 230 g/mol. The van der Waals surface area contributed by atoms with Gasteiger partial charge in [0.15, 0.2) is 0 Å². The lowest BCUT2D eigenvalue weighted by Crippen LogP contribution is -2.18. The Hall–Kier alpha value is -1.16. The molecule has 1 rings (SSSR count). The zero-order valence-electron chi connectivity index (χ0n) is 9.67. The van der Waals surface area contributed by atoms with Crippen molar-refractivity contribution in [1.82, 2.24) is 0 Å². The normalized spacial score (nSPS) is 11.9. The fourth-order valence-corrected chi connectivity index (χ4v) is 1.11. The molecular weight excluding hydrogens is 214 g/mol. The maximum absolute atomic E-state index is 12.0. The van der Waals surface area contributed by atoms with E-state index < -0.39 is 6.61 Å². The quantitative estimate of drug-likeness (QED) is 0.786. The molecule has 0 spiro atoms. The van der Waals surface area contributed by atoms with Crippen LogP contribution in [0, 0.1) is 0 Å². The standard InChI is InChI=1S/C12H16F2O2/c1-12(2,3)15-8-9-5-4-6-10(7-9)16-11(13)14/h4-7,11H,8H2,1-3H3. The largest absolute Gasteiger partial charge is 0.435 e. The third-order valence-corrected chi connectivity index (χ3v) is 1.80. The lowest BCUT2D eigenvalue weighted by molar-refractivity contribution is -0.0503. The van der Waals surface area contributed by atoms with Crippen LogP contribution in [0.25, 0.3) is 0 Å². The zero-order chi connectivity index (χ0) is 12.2. The molecule has 0 atom stereocenters. The van der Waals surface area contributed by atoms with E-state index in [4.69, 9.17) is 4.74 Å². The summed E-state index contributed by atoms with van der Waals surface area (Å²) in [7, 11) is 0. The summed E-state index contributed by atoms with van der Waals surface area (Å²) in [5.74, 6) is 0.157. The Morgan fingerprint density at radius 2 is 1.94 bits per heavy atom. The molecule has 0 fully saturated rings. The molecule has 0 amide bonds. The first-order valence-electron chi connectivity index (χ1n) is 5.04. The molecule has 90 valence electrons. The van der Waals surface area contributed by atoms with Gasteiger partial charge >= 0.3 is 6.61 Å². The molecule has 1 aromatic rings. The Bertz CT molecular complexity index is 332. The molecule has 0 aliphatic heterocycles. The fraction of sp³-hybridized carbons (Fsp3) is 0.500. The zero-order valence-corrected chi connectivity index (χ0v) is 9.67. The average Bonchev–Trinajstić information content (AvgIpc) is 2.13. The van der Waals surface area contributed by atoms with Gasteiger partial charge in [0.2, 0.25) is 0 Å². The van der Waals surface area contributed by atoms with E-state index in [1.807, 2.05) is 26.8 Å². The minimum Gasteiger partial charge on any atom is -0.435 e. The number of ether oxygens (including phenoxy) is 2. The highest BCUT2D eigenvalue weighted by Gasteiger charge is 2.10. The highest BCUT2D eigenvalue weighted by Crippen LogP contribution is 2.18. The summed E-state index contributed by atoms with van der Waals surface area (Å²) in [6, 6.07) is 6.52. The van der Waals surface area contributed by atoms with E-state index >= 15 is 0 Å². The molecule has 0 saturated carbocycles. The molecule has 4 heteroatoms. The highest BCUT2D eigenvalue weighted by atomic mass is 19.3. The van der Waals surface area contributed by atoms with Gasteiger partial charge in [0.1, 0.15) is 5.75 Å². The second-order valence-corrected chi connectivity index (χ2v) is 4.43. The first-order chi connectivity index (χ1) is 7.37. The molecule has 0 aliphatic rings. The first kappa shape index (κ1) is 12.9. The second-order valence-electron chi connectivity index (χ2n) is 4.43. The molecule has 0 bridgehead atoms. The molecule has 1 aromatic carbocycles. The van der Waals surface area contributed by atoms with Gasteiger partial charge in [0, 0.05) is 0 Å². The summed E-state index contributed by atoms with van der Waals surface area (Å²) in [4.78, 5) is 0. The van der Waals surface area contributed by atoms with Crippen LogP contribution in [0.5, 0.6) is 5.75 Å². The fourth-order valence-electron chi connectivity index (χ4n) is 1.11. The monoisotopic (exact) mass is 230 g/mol. The van der Waals surface area contributed by atoms with Gasteiger partial charge in [-0.05, 0) is 38.5 Å². The lowest BCUT2D eigenvalue weighted by atomic mass is 10.2. The lowest BCUT2D eigenvalue weighted by Gasteiger charge is -2.19. The molecule has 0 aliphatic carbocycles. The van der Waals surface area contributed by atoms with Crippen LogP contribution in [-0.2, 0) is 11.3 Å². The van der Waals surface area contributed by atoms with Gasteiger partial charge in [0.05, 0.1) is 12.2 Å². The SMILES string of the molecule is CC(C)(C)OCc1cccc(OC(F)F)c1. The Balaban J connectivity index is 2.60. The minimum atomic E-state index is -2.79. The predicted molar refractivity (Wildman–Crippen MR) is 57.6 cm³/mol. The van der Waals surface area contributed by atoms with Crippen molar-refractivity contribution < 1.29 is 18.3 Å². The predicted octanol–water partition coefficient (Wildman–Crippen LogP) is 3.60. The topological polar surface area (TPSA) is 18.5 Å². The van der Waals surface area contributed by atoms with E-state index in [1.165, 1.54) is 6.07 Å². The molecule has 0 heterocycles. The van der Waals surface area contributed by atoms with Crippen molar-refractivity contribution >= 4 is 0 Å². The van der Waals surface area contributed by atoms with Crippen LogP contribution in [0.1, 0.15) is 26.3 Å². The molecule has 0 radical (unpaired) electrons. The summed E-state index contributed by atoms with van der Waals surface area (Å²) < 4.78 is 33.8. The number of rotatable bonds is 4. The van der Waals surface area contributed by atoms with Crippen molar-refractivity contribution in [3.8, 4) is 5.75 Å². The molecule has 0 saturated heterocycles. The van der Waals surface area contributed by atoms with Crippen LogP contribution in [0.15, 0.2) is 24.3 Å². The Labute approximate surface area is 94.2 Å². The maximum Gasteiger partial charge on any atom is 0.387 e. The third-order valence-electron chi connectivity index (χ3n) is 1.80. The first-order valence-corrected chi connectivity index (χ1v) is 5.04. The van der Waals surface area contributed by atoms with Gasteiger partial charge in [-0.3, -0.25) is 0 Å². The molecule has 0 N–H and O–H groups in total. The van der Waals surface area contributed by atoms with E-state index in [0.29, 0.717) is 6.61 Å². The van der Waals surface area contributed by atoms with E-state index in [2.05, 4.69) is 4.74 Å². The number of alkyl halides is 2. The van der Waals surface area contributed by atoms with Gasteiger partial charge < -0.3 is 9.47 Å². The van der Waals surface area contributed by atoms with E-state index in [1.54, 1.807) is 12.1 Å². The highest BCUT2D eigenvalue weighted by molar-refractivity contribution is 5.28. The van der Waals surface area contributed by atoms with Gasteiger partial charge in [-0.2, -0.15) is 8.78 Å². The van der Waals surface area contributed by atoms with Crippen molar-refractivity contribution in [3.63, 3.8) is 0 Å². The van der Waals surface area contributed by atoms with Crippen LogP contribution < -0.4 is 4.74 Å². The van der Waals surface area contributed by atoms with Crippen LogP contribution >= 0.6 is 0 Å². The van der Waals surface area contributed by atoms with E-state index in [-0.39, 0.29) is 11.4 Å². The Morgan fingerprint density at radius 1 is 1.25 bits per heavy atom. The van der Waals surface area contributed by atoms with Crippen molar-refractivity contribution in [2.75, 3.05) is 0 Å². The Kier molecular flexibility index (Phi) is 4.24. The summed E-state index contributed by atoms with van der Waals surface area (Å²) in [5, 5.41) is 0. The third kappa shape index (κ3) is 5.07. The van der Waals surface area contributed by atoms with Gasteiger partial charge in [-0.1, -0.05) is 12.1 Å². The van der Waals surface area contributed by atoms with Crippen molar-refractivity contribution in [2.24, 2.45) is 0 Å². The maximum atomic E-state index is 12.0. The van der Waals surface area contributed by atoms with Crippen LogP contribution in [0.2, 0.25) is 0 Å². The smallest absolute Gasteiger partial charge is 0.387 e. The van der Waals surface area contributed by atoms with Crippen LogP contribution in [0.3, 0.4) is 0 Å². The number of benzene rings is 1. The van der Waals surface area contributed by atoms with E-state index in [9.17, 15) is 8.78 Å². The summed E-state index contributed by atoms with van der Waals surface area (Å²) in [6.07, 6.45) is 0. The van der Waals surface area contributed by atoms with Gasteiger partial charge in [-0.25, -0.2) is 0 Å². The van der Waals surface area contributed by atoms with Crippen molar-refractivity contribution in [3.05, 3.63) is 29.8 Å². The van der Waals surface area contributed by atoms with Gasteiger partial charge in [0.25, 0.3) is 0 Å². The molecule has 16 heavy (non-hydrogen) atoms. The Morgan fingerprint density at radius 3 is 2.50 bits per heavy atom. The van der Waals surface area contributed by atoms with Gasteiger partial charge in [-0.15, -0.1) is 0 Å². The minimum absolute atomic E-state index is 0.157. The molecular formula is C12H16F2O2. The molecule has 0 unspecified atom stereocenters. The number of hydrogen-bond acceptors (Lipinski definition) is 2. The van der Waals surface area contributed by atoms with Crippen molar-refractivity contribution in [1.29, 1.82) is 0 Å². The number of halogens is 2. The molecule has 2 nitrogen and oxygen atoms in total. The van der Waals surface area contributed by atoms with Crippen molar-refractivity contribution in [2.45, 2.75) is 39.6 Å². The summed E-state index contributed by atoms with van der Waals surface area (Å²) in [5.41, 5.74) is 0.563. The molecule has 0 aromatic heterocycles. The van der Waals surface area contributed by atoms with Crippen LogP contribution in [0.4, 0.5) is 8.78 Å². The second kappa shape index (κ2) is 5.25.